The van der Waals surface area contributed by atoms with E-state index in [1.54, 1.807) is 0 Å². The van der Waals surface area contributed by atoms with E-state index in [9.17, 15) is 9.90 Å². The molecule has 0 radical (unpaired) electrons. The predicted molar refractivity (Wildman–Crippen MR) is 105 cm³/mol. The molecular weight excluding hydrogens is 336 g/mol. The van der Waals surface area contributed by atoms with Crippen LogP contribution < -0.4 is 5.32 Å². The van der Waals surface area contributed by atoms with Crippen molar-refractivity contribution in [3.05, 3.63) is 35.9 Å². The molecule has 5 fully saturated rings. The summed E-state index contributed by atoms with van der Waals surface area (Å²) in [5.41, 5.74) is 1.77. The van der Waals surface area contributed by atoms with Gasteiger partial charge in [0.25, 0.3) is 0 Å². The first kappa shape index (κ1) is 17.7. The fourth-order valence-electron chi connectivity index (χ4n) is 7.15. The number of rotatable bonds is 4. The second kappa shape index (κ2) is 6.59. The average molecular weight is 369 g/mol. The van der Waals surface area contributed by atoms with Crippen molar-refractivity contribution in [1.82, 2.24) is 10.2 Å². The second-order valence-corrected chi connectivity index (χ2v) is 9.94. The van der Waals surface area contributed by atoms with Gasteiger partial charge in [0, 0.05) is 18.6 Å². The van der Waals surface area contributed by atoms with Gasteiger partial charge in [-0.05, 0) is 74.2 Å². The van der Waals surface area contributed by atoms with Crippen LogP contribution >= 0.6 is 0 Å². The summed E-state index contributed by atoms with van der Waals surface area (Å²) < 4.78 is 0. The molecule has 27 heavy (non-hydrogen) atoms. The molecule has 0 aromatic heterocycles. The van der Waals surface area contributed by atoms with E-state index in [4.69, 9.17) is 0 Å². The van der Waals surface area contributed by atoms with Crippen LogP contribution in [0.1, 0.15) is 56.9 Å². The van der Waals surface area contributed by atoms with E-state index in [1.165, 1.54) is 37.7 Å². The summed E-state index contributed by atoms with van der Waals surface area (Å²) in [4.78, 5) is 15.1. The predicted octanol–water partition coefficient (Wildman–Crippen LogP) is 2.85. The maximum Gasteiger partial charge on any atom is 0.234 e. The molecule has 146 valence electrons. The van der Waals surface area contributed by atoms with Crippen molar-refractivity contribution in [1.29, 1.82) is 0 Å². The van der Waals surface area contributed by atoms with E-state index in [0.717, 1.165) is 44.2 Å². The third-order valence-electron chi connectivity index (χ3n) is 7.78. The average Bonchev–Trinajstić information content (AvgIpc) is 2.63. The number of carbonyl (C=O) groups excluding carboxylic acids is 1. The van der Waals surface area contributed by atoms with Gasteiger partial charge in [-0.25, -0.2) is 0 Å². The summed E-state index contributed by atoms with van der Waals surface area (Å²) in [6, 6.07) is 11.1. The Morgan fingerprint density at radius 1 is 1.07 bits per heavy atom. The third kappa shape index (κ3) is 3.31. The second-order valence-electron chi connectivity index (χ2n) is 9.94. The number of nitrogens with one attached hydrogen (secondary N) is 1. The summed E-state index contributed by atoms with van der Waals surface area (Å²) in [6.45, 7) is 2.16. The molecule has 1 aliphatic heterocycles. The van der Waals surface area contributed by atoms with Crippen LogP contribution in [-0.2, 0) is 10.2 Å². The van der Waals surface area contributed by atoms with Gasteiger partial charge in [0.15, 0.2) is 0 Å². The lowest BCUT2D eigenvalue weighted by atomic mass is 9.45. The number of likely N-dealkylation sites (tertiary alicyclic amines) is 1. The van der Waals surface area contributed by atoms with Gasteiger partial charge in [0.1, 0.15) is 0 Å². The van der Waals surface area contributed by atoms with Crippen LogP contribution in [0.25, 0.3) is 0 Å². The maximum atomic E-state index is 12.9. The Morgan fingerprint density at radius 3 is 2.41 bits per heavy atom. The Kier molecular flexibility index (Phi) is 4.32. The number of aliphatic hydroxyl groups excluding tert-OH is 1. The number of hydrogen-bond acceptors (Lipinski definition) is 3. The standard InChI is InChI=1S/C23H32N2O2/c26-20-6-8-25(9-7-20)15-21(27)24-23-13-17-10-18(14-23)12-22(11-17,16-23)19-4-2-1-3-5-19/h1-5,17-18,20,26H,6-16H2,(H,24,27). The van der Waals surface area contributed by atoms with Crippen LogP contribution in [0.4, 0.5) is 0 Å². The van der Waals surface area contributed by atoms with Crippen molar-refractivity contribution in [2.45, 2.75) is 68.4 Å². The van der Waals surface area contributed by atoms with Gasteiger partial charge in [-0.15, -0.1) is 0 Å². The first-order chi connectivity index (χ1) is 13.0. The largest absolute Gasteiger partial charge is 0.393 e. The highest BCUT2D eigenvalue weighted by Gasteiger charge is 2.58. The van der Waals surface area contributed by atoms with Crippen LogP contribution in [0.15, 0.2) is 30.3 Å². The Labute approximate surface area is 162 Å². The minimum Gasteiger partial charge on any atom is -0.393 e. The maximum absolute atomic E-state index is 12.9. The first-order valence-corrected chi connectivity index (χ1v) is 10.8. The zero-order chi connectivity index (χ0) is 18.5. The molecule has 4 aliphatic carbocycles. The highest BCUT2D eigenvalue weighted by Crippen LogP contribution is 2.62. The minimum absolute atomic E-state index is 0.00626. The highest BCUT2D eigenvalue weighted by molar-refractivity contribution is 5.79. The molecule has 0 spiro atoms. The van der Waals surface area contributed by atoms with E-state index in [0.29, 0.717) is 6.54 Å². The summed E-state index contributed by atoms with van der Waals surface area (Å²) >= 11 is 0. The Morgan fingerprint density at radius 2 is 1.74 bits per heavy atom. The summed E-state index contributed by atoms with van der Waals surface area (Å²) in [5.74, 6) is 1.71. The molecule has 4 saturated carbocycles. The van der Waals surface area contributed by atoms with Gasteiger partial charge in [0.05, 0.1) is 12.6 Å². The van der Waals surface area contributed by atoms with E-state index in [-0.39, 0.29) is 23.0 Å². The van der Waals surface area contributed by atoms with Crippen molar-refractivity contribution in [2.24, 2.45) is 11.8 Å². The molecule has 2 N–H and O–H groups in total. The molecule has 1 heterocycles. The van der Waals surface area contributed by atoms with Crippen LogP contribution in [0.3, 0.4) is 0 Å². The third-order valence-corrected chi connectivity index (χ3v) is 7.78. The van der Waals surface area contributed by atoms with Crippen LogP contribution in [0.2, 0.25) is 0 Å². The van der Waals surface area contributed by atoms with Crippen molar-refractivity contribution in [3.8, 4) is 0 Å². The van der Waals surface area contributed by atoms with Crippen molar-refractivity contribution in [2.75, 3.05) is 19.6 Å². The molecule has 1 aromatic rings. The van der Waals surface area contributed by atoms with E-state index >= 15 is 0 Å². The minimum atomic E-state index is -0.182. The van der Waals surface area contributed by atoms with Gasteiger partial charge in [0.2, 0.25) is 5.91 Å². The Hall–Kier alpha value is -1.39. The molecule has 6 rings (SSSR count). The smallest absolute Gasteiger partial charge is 0.234 e. The van der Waals surface area contributed by atoms with Crippen molar-refractivity contribution >= 4 is 5.91 Å². The summed E-state index contributed by atoms with van der Waals surface area (Å²) in [6.07, 6.45) is 8.81. The van der Waals surface area contributed by atoms with E-state index in [1.807, 2.05) is 0 Å². The molecule has 4 heteroatoms. The van der Waals surface area contributed by atoms with Gasteiger partial charge in [-0.2, -0.15) is 0 Å². The fourth-order valence-corrected chi connectivity index (χ4v) is 7.15. The SMILES string of the molecule is O=C(CN1CCC(O)CC1)NC12CC3CC(C1)CC(c1ccccc1)(C3)C2. The van der Waals surface area contributed by atoms with Gasteiger partial charge in [-0.1, -0.05) is 30.3 Å². The lowest BCUT2D eigenvalue weighted by Crippen LogP contribution is -2.65. The van der Waals surface area contributed by atoms with Crippen LogP contribution in [0.5, 0.6) is 0 Å². The monoisotopic (exact) mass is 368 g/mol. The zero-order valence-electron chi connectivity index (χ0n) is 16.2. The lowest BCUT2D eigenvalue weighted by molar-refractivity contribution is -0.129. The van der Waals surface area contributed by atoms with Crippen LogP contribution in [0, 0.1) is 11.8 Å². The number of benzene rings is 1. The lowest BCUT2D eigenvalue weighted by Gasteiger charge is -2.62. The van der Waals surface area contributed by atoms with Crippen LogP contribution in [-0.4, -0.2) is 47.2 Å². The molecule has 1 aromatic carbocycles. The fraction of sp³-hybridized carbons (Fsp3) is 0.696. The highest BCUT2D eigenvalue weighted by atomic mass is 16.3. The topological polar surface area (TPSA) is 52.6 Å². The van der Waals surface area contributed by atoms with E-state index in [2.05, 4.69) is 40.5 Å². The number of aliphatic hydroxyl groups is 1. The zero-order valence-corrected chi connectivity index (χ0v) is 16.2. The molecule has 2 atom stereocenters. The molecule has 2 unspecified atom stereocenters. The number of nitrogens with zero attached hydrogens (tertiary/aromatic N) is 1. The molecule has 1 amide bonds. The number of hydrogen-bond donors (Lipinski definition) is 2. The Balaban J connectivity index is 1.31. The Bertz CT molecular complexity index is 682. The molecule has 1 saturated heterocycles. The summed E-state index contributed by atoms with van der Waals surface area (Å²) in [5, 5.41) is 13.2. The number of carbonyl (C=O) groups is 1. The van der Waals surface area contributed by atoms with Crippen molar-refractivity contribution < 1.29 is 9.90 Å². The quantitative estimate of drug-likeness (QED) is 0.859. The molecule has 4 nitrogen and oxygen atoms in total. The number of amides is 1. The normalized spacial score (nSPS) is 38.9. The molecular formula is C23H32N2O2. The first-order valence-electron chi connectivity index (χ1n) is 10.8. The summed E-state index contributed by atoms with van der Waals surface area (Å²) in [7, 11) is 0. The van der Waals surface area contributed by atoms with Crippen molar-refractivity contribution in [3.63, 3.8) is 0 Å². The van der Waals surface area contributed by atoms with E-state index < -0.39 is 0 Å². The molecule has 4 bridgehead atoms. The molecule has 5 aliphatic rings. The number of piperidine rings is 1. The van der Waals surface area contributed by atoms with Gasteiger partial charge in [-0.3, -0.25) is 9.69 Å². The van der Waals surface area contributed by atoms with Gasteiger partial charge >= 0.3 is 0 Å². The van der Waals surface area contributed by atoms with Gasteiger partial charge < -0.3 is 10.4 Å².